The molecule has 2 rings (SSSR count). The van der Waals surface area contributed by atoms with Gasteiger partial charge in [-0.2, -0.15) is 0 Å². The Morgan fingerprint density at radius 3 is 2.44 bits per heavy atom. The van der Waals surface area contributed by atoms with Gasteiger partial charge in [0.05, 0.1) is 24.3 Å². The molecule has 0 aromatic heterocycles. The molecule has 1 saturated heterocycles. The van der Waals surface area contributed by atoms with Gasteiger partial charge in [-0.25, -0.2) is 8.42 Å². The van der Waals surface area contributed by atoms with Crippen LogP contribution in [-0.4, -0.2) is 32.7 Å². The van der Waals surface area contributed by atoms with Gasteiger partial charge in [-0.05, 0) is 24.3 Å². The van der Waals surface area contributed by atoms with Crippen molar-refractivity contribution in [1.82, 2.24) is 0 Å². The average Bonchev–Trinajstić information content (AvgIpc) is 2.59. The predicted octanol–water partition coefficient (Wildman–Crippen LogP) is 1.59. The van der Waals surface area contributed by atoms with Crippen LogP contribution in [-0.2, 0) is 9.84 Å². The third-order valence-electron chi connectivity index (χ3n) is 2.45. The third-order valence-corrected chi connectivity index (χ3v) is 4.05. The fraction of sp³-hybridized carbons (Fsp3) is 0.364. The van der Waals surface area contributed by atoms with Crippen LogP contribution in [0.25, 0.3) is 0 Å². The summed E-state index contributed by atoms with van der Waals surface area (Å²) in [5.41, 5.74) is 1.51. The Morgan fingerprint density at radius 2 is 1.94 bits per heavy atom. The first kappa shape index (κ1) is 11.1. The Bertz CT molecular complexity index is 503. The summed E-state index contributed by atoms with van der Waals surface area (Å²) in [6, 6.07) is 7.25. The van der Waals surface area contributed by atoms with E-state index < -0.39 is 9.84 Å². The zero-order valence-corrected chi connectivity index (χ0v) is 9.83. The van der Waals surface area contributed by atoms with Crippen molar-refractivity contribution >= 4 is 21.2 Å². The normalized spacial score (nSPS) is 21.2. The van der Waals surface area contributed by atoms with E-state index in [9.17, 15) is 8.42 Å². The first-order valence-corrected chi connectivity index (χ1v) is 6.82. The molecule has 0 saturated carbocycles. The summed E-state index contributed by atoms with van der Waals surface area (Å²) < 4.78 is 27.5. The van der Waals surface area contributed by atoms with E-state index in [1.54, 1.807) is 7.11 Å². The number of rotatable bonds is 2. The Kier molecular flexibility index (Phi) is 2.96. The second kappa shape index (κ2) is 4.25. The molecule has 0 radical (unpaired) electrons. The van der Waals surface area contributed by atoms with Crippen molar-refractivity contribution in [1.29, 1.82) is 0 Å². The lowest BCUT2D eigenvalue weighted by atomic mass is 10.3. The minimum absolute atomic E-state index is 0.0963. The van der Waals surface area contributed by atoms with Crippen molar-refractivity contribution in [2.24, 2.45) is 4.99 Å². The van der Waals surface area contributed by atoms with E-state index in [4.69, 9.17) is 4.74 Å². The number of methoxy groups -OCH3 is 1. The molecule has 86 valence electrons. The lowest BCUT2D eigenvalue weighted by molar-refractivity contribution is 0.415. The number of aliphatic imine (C=N–C) groups is 1. The van der Waals surface area contributed by atoms with Gasteiger partial charge in [0.2, 0.25) is 0 Å². The molecule has 0 spiro atoms. The van der Waals surface area contributed by atoms with Crippen LogP contribution in [0.3, 0.4) is 0 Å². The largest absolute Gasteiger partial charge is 0.497 e. The van der Waals surface area contributed by atoms with Crippen LogP contribution in [0.2, 0.25) is 0 Å². The maximum Gasteiger partial charge on any atom is 0.156 e. The number of hydrogen-bond donors (Lipinski definition) is 0. The van der Waals surface area contributed by atoms with Crippen molar-refractivity contribution in [2.45, 2.75) is 6.42 Å². The molecular formula is C11H13NO3S. The monoisotopic (exact) mass is 239 g/mol. The summed E-state index contributed by atoms with van der Waals surface area (Å²) in [5.74, 6) is 1.09. The van der Waals surface area contributed by atoms with Crippen molar-refractivity contribution in [3.8, 4) is 5.75 Å². The summed E-state index contributed by atoms with van der Waals surface area (Å²) in [6.07, 6.45) is 0.550. The van der Waals surface area contributed by atoms with E-state index in [2.05, 4.69) is 4.99 Å². The molecule has 1 aliphatic heterocycles. The summed E-state index contributed by atoms with van der Waals surface area (Å²) in [5, 5.41) is 0. The van der Waals surface area contributed by atoms with Crippen LogP contribution in [0, 0.1) is 0 Å². The van der Waals surface area contributed by atoms with Crippen LogP contribution >= 0.6 is 0 Å². The highest BCUT2D eigenvalue weighted by Crippen LogP contribution is 2.20. The van der Waals surface area contributed by atoms with Crippen LogP contribution in [0.5, 0.6) is 5.75 Å². The average molecular weight is 239 g/mol. The standard InChI is InChI=1S/C11H13NO3S/c1-15-11-4-2-9(3-5-11)12-10-6-7-16(13,14)8-10/h2-5H,6-8H2,1H3. The fourth-order valence-corrected chi connectivity index (χ4v) is 3.01. The van der Waals surface area contributed by atoms with E-state index in [0.717, 1.165) is 17.1 Å². The smallest absolute Gasteiger partial charge is 0.156 e. The predicted molar refractivity (Wildman–Crippen MR) is 63.4 cm³/mol. The maximum atomic E-state index is 11.2. The van der Waals surface area contributed by atoms with Crippen molar-refractivity contribution in [2.75, 3.05) is 18.6 Å². The third kappa shape index (κ3) is 2.61. The first-order chi connectivity index (χ1) is 7.59. The number of ether oxygens (including phenoxy) is 1. The second-order valence-corrected chi connectivity index (χ2v) is 5.90. The Labute approximate surface area is 94.9 Å². The van der Waals surface area contributed by atoms with E-state index in [1.165, 1.54) is 0 Å². The zero-order valence-electron chi connectivity index (χ0n) is 9.01. The Hall–Kier alpha value is -1.36. The molecule has 1 aromatic carbocycles. The molecule has 1 aromatic rings. The summed E-state index contributed by atoms with van der Waals surface area (Å²) in [4.78, 5) is 4.31. The summed E-state index contributed by atoms with van der Waals surface area (Å²) in [6.45, 7) is 0. The topological polar surface area (TPSA) is 55.7 Å². The number of benzene rings is 1. The van der Waals surface area contributed by atoms with Crippen LogP contribution < -0.4 is 4.74 Å². The zero-order chi connectivity index (χ0) is 11.6. The van der Waals surface area contributed by atoms with Crippen LogP contribution in [0.4, 0.5) is 5.69 Å². The molecule has 0 amide bonds. The van der Waals surface area contributed by atoms with E-state index >= 15 is 0 Å². The number of sulfone groups is 1. The maximum absolute atomic E-state index is 11.2. The van der Waals surface area contributed by atoms with Crippen molar-refractivity contribution in [3.63, 3.8) is 0 Å². The Balaban J connectivity index is 2.17. The summed E-state index contributed by atoms with van der Waals surface area (Å²) >= 11 is 0. The highest BCUT2D eigenvalue weighted by atomic mass is 32.2. The van der Waals surface area contributed by atoms with Gasteiger partial charge in [-0.3, -0.25) is 4.99 Å². The van der Waals surface area contributed by atoms with Crippen molar-refractivity contribution in [3.05, 3.63) is 24.3 Å². The van der Waals surface area contributed by atoms with Crippen molar-refractivity contribution < 1.29 is 13.2 Å². The molecule has 4 nitrogen and oxygen atoms in total. The van der Waals surface area contributed by atoms with Gasteiger partial charge in [0.1, 0.15) is 5.75 Å². The highest BCUT2D eigenvalue weighted by molar-refractivity contribution is 7.92. The van der Waals surface area contributed by atoms with E-state index in [1.807, 2.05) is 24.3 Å². The quantitative estimate of drug-likeness (QED) is 0.787. The van der Waals surface area contributed by atoms with Gasteiger partial charge >= 0.3 is 0 Å². The molecule has 0 bridgehead atoms. The number of nitrogens with zero attached hydrogens (tertiary/aromatic N) is 1. The molecule has 0 aliphatic carbocycles. The Morgan fingerprint density at radius 1 is 1.25 bits per heavy atom. The summed E-state index contributed by atoms with van der Waals surface area (Å²) in [7, 11) is -1.28. The van der Waals surface area contributed by atoms with Gasteiger partial charge in [-0.1, -0.05) is 0 Å². The lowest BCUT2D eigenvalue weighted by Gasteiger charge is -1.99. The fourth-order valence-electron chi connectivity index (χ4n) is 1.60. The number of hydrogen-bond acceptors (Lipinski definition) is 4. The van der Waals surface area contributed by atoms with Gasteiger partial charge in [0, 0.05) is 12.1 Å². The minimum atomic E-state index is -2.88. The second-order valence-electron chi connectivity index (χ2n) is 3.72. The van der Waals surface area contributed by atoms with E-state index in [0.29, 0.717) is 6.42 Å². The van der Waals surface area contributed by atoms with Gasteiger partial charge < -0.3 is 4.74 Å². The van der Waals surface area contributed by atoms with Gasteiger partial charge in [-0.15, -0.1) is 0 Å². The van der Waals surface area contributed by atoms with Crippen LogP contribution in [0.1, 0.15) is 6.42 Å². The molecule has 0 atom stereocenters. The van der Waals surface area contributed by atoms with Gasteiger partial charge in [0.25, 0.3) is 0 Å². The molecule has 1 heterocycles. The first-order valence-electron chi connectivity index (χ1n) is 5.00. The van der Waals surface area contributed by atoms with Crippen LogP contribution in [0.15, 0.2) is 29.3 Å². The lowest BCUT2D eigenvalue weighted by Crippen LogP contribution is -2.03. The molecule has 1 fully saturated rings. The molecule has 5 heteroatoms. The molecule has 16 heavy (non-hydrogen) atoms. The molecular weight excluding hydrogens is 226 g/mol. The minimum Gasteiger partial charge on any atom is -0.497 e. The SMILES string of the molecule is COc1ccc(N=C2CCS(=O)(=O)C2)cc1. The molecule has 1 aliphatic rings. The molecule has 0 unspecified atom stereocenters. The highest BCUT2D eigenvalue weighted by Gasteiger charge is 2.23. The molecule has 0 N–H and O–H groups in total. The van der Waals surface area contributed by atoms with Gasteiger partial charge in [0.15, 0.2) is 9.84 Å². The van der Waals surface area contributed by atoms with E-state index in [-0.39, 0.29) is 11.5 Å².